The topological polar surface area (TPSA) is 74.6 Å². The van der Waals surface area contributed by atoms with Crippen LogP contribution in [0.3, 0.4) is 0 Å². The third-order valence-electron chi connectivity index (χ3n) is 0. The van der Waals surface area contributed by atoms with Crippen molar-refractivity contribution in [3.8, 4) is 0 Å². The van der Waals surface area contributed by atoms with E-state index in [0.29, 0.717) is 0 Å². The van der Waals surface area contributed by atoms with Crippen LogP contribution in [-0.4, -0.2) is 54.1 Å². The maximum atomic E-state index is 8.56. The first-order valence-corrected chi connectivity index (χ1v) is 2.15. The van der Waals surface area contributed by atoms with Crippen LogP contribution in [-0.2, 0) is 21.8 Å². The van der Waals surface area contributed by atoms with Gasteiger partial charge in [0, 0.05) is 0 Å². The molecule has 7 heavy (non-hydrogen) atoms. The van der Waals surface area contributed by atoms with Crippen molar-refractivity contribution in [1.82, 2.24) is 0 Å². The Bertz CT molecular complexity index is 49.8. The zero-order valence-corrected chi connectivity index (χ0v) is 8.80. The van der Waals surface area contributed by atoms with Gasteiger partial charge in [0.1, 0.15) is 0 Å². The molecular weight excluding hydrogens is 181 g/mol. The minimum absolute atomic E-state index is 0. The Morgan fingerprint density at radius 3 is 1.43 bits per heavy atom. The summed E-state index contributed by atoms with van der Waals surface area (Å²) in [6.07, 6.45) is -1.83. The fraction of sp³-hybridized carbons (Fsp3) is 0. The molecule has 0 saturated heterocycles. The molecule has 0 spiro atoms. The predicted octanol–water partition coefficient (Wildman–Crippen LogP) is -0.0547. The standard InChI is InChI=1S/CH2O3.Ca.O.Zn.2H/c2-1(3)4;;;;;/h(H2,2,3,4);;;;;/q;+2;;;2*-1. The van der Waals surface area contributed by atoms with Crippen LogP contribution in [0.15, 0.2) is 0 Å². The maximum absolute atomic E-state index is 8.56. The summed E-state index contributed by atoms with van der Waals surface area (Å²) in [6.45, 7) is 0. The summed E-state index contributed by atoms with van der Waals surface area (Å²) < 4.78 is 8.38. The Kier molecular flexibility index (Phi) is 35.3. The second-order valence-corrected chi connectivity index (χ2v) is 0.283. The minimum atomic E-state index is -1.83. The quantitative estimate of drug-likeness (QED) is 0.519. The molecule has 4 nitrogen and oxygen atoms in total. The van der Waals surface area contributed by atoms with Crippen molar-refractivity contribution >= 4 is 43.9 Å². The van der Waals surface area contributed by atoms with Gasteiger partial charge >= 0.3 is 65.7 Å². The Balaban J connectivity index is -0.00000000990. The molecule has 0 saturated carbocycles. The molecule has 36 valence electrons. The van der Waals surface area contributed by atoms with E-state index in [0.717, 1.165) is 0 Å². The SMILES string of the molecule is O=C(O)O.[Ca+2].[H-].[H-].[O]=[Zn]. The fourth-order valence-corrected chi connectivity index (χ4v) is 0. The van der Waals surface area contributed by atoms with E-state index >= 15 is 0 Å². The van der Waals surface area contributed by atoms with Crippen molar-refractivity contribution in [1.29, 1.82) is 0 Å². The Morgan fingerprint density at radius 1 is 1.43 bits per heavy atom. The summed E-state index contributed by atoms with van der Waals surface area (Å²) in [7, 11) is 0. The van der Waals surface area contributed by atoms with Gasteiger partial charge in [0.2, 0.25) is 0 Å². The first kappa shape index (κ1) is 15.7. The number of hydrogen-bond donors (Lipinski definition) is 2. The summed E-state index contributed by atoms with van der Waals surface area (Å²) in [5.41, 5.74) is 0. The molecule has 0 fully saturated rings. The van der Waals surface area contributed by atoms with Crippen molar-refractivity contribution < 1.29 is 39.7 Å². The number of hydrogen-bond acceptors (Lipinski definition) is 2. The van der Waals surface area contributed by atoms with Crippen LogP contribution in [0.2, 0.25) is 0 Å². The summed E-state index contributed by atoms with van der Waals surface area (Å²) in [5.74, 6) is 0. The van der Waals surface area contributed by atoms with Gasteiger partial charge in [0.05, 0.1) is 0 Å². The first-order valence-electron chi connectivity index (χ1n) is 0.940. The van der Waals surface area contributed by atoms with E-state index in [1.54, 1.807) is 0 Å². The van der Waals surface area contributed by atoms with Gasteiger partial charge in [-0.1, -0.05) is 0 Å². The van der Waals surface area contributed by atoms with Crippen LogP contribution in [0.5, 0.6) is 0 Å². The zero-order valence-electron chi connectivity index (χ0n) is 5.63. The fourth-order valence-electron chi connectivity index (χ4n) is 0. The predicted molar refractivity (Wildman–Crippen MR) is 19.3 cm³/mol. The monoisotopic (exact) mass is 184 g/mol. The van der Waals surface area contributed by atoms with Gasteiger partial charge in [-0.3, -0.25) is 0 Å². The molecule has 6 heteroatoms. The molecule has 0 radical (unpaired) electrons. The molecule has 0 unspecified atom stereocenters. The zero-order chi connectivity index (χ0) is 5.58. The average molecular weight is 186 g/mol. The van der Waals surface area contributed by atoms with Crippen molar-refractivity contribution in [3.63, 3.8) is 0 Å². The Morgan fingerprint density at radius 2 is 1.43 bits per heavy atom. The van der Waals surface area contributed by atoms with Gasteiger partial charge in [0.25, 0.3) is 0 Å². The average Bonchev–Trinajstić information content (AvgIpc) is 1.41. The molecule has 0 aromatic heterocycles. The summed E-state index contributed by atoms with van der Waals surface area (Å²) >= 11 is 0.125. The molecule has 0 aliphatic heterocycles. The molecule has 0 aromatic rings. The van der Waals surface area contributed by atoms with Gasteiger partial charge in [0.15, 0.2) is 0 Å². The van der Waals surface area contributed by atoms with E-state index in [1.807, 2.05) is 0 Å². The van der Waals surface area contributed by atoms with Crippen molar-refractivity contribution in [2.24, 2.45) is 0 Å². The molecule has 0 heterocycles. The Labute approximate surface area is 82.8 Å². The third-order valence-corrected chi connectivity index (χ3v) is 0. The van der Waals surface area contributed by atoms with Crippen LogP contribution in [0.4, 0.5) is 4.79 Å². The number of carbonyl (C=O) groups is 1. The van der Waals surface area contributed by atoms with Gasteiger partial charge in [-0.25, -0.2) is 4.79 Å². The van der Waals surface area contributed by atoms with Crippen molar-refractivity contribution in [2.75, 3.05) is 0 Å². The molecule has 0 atom stereocenters. The van der Waals surface area contributed by atoms with Gasteiger partial charge in [-0.2, -0.15) is 0 Å². The Hall–Kier alpha value is 0.953. The molecule has 0 bridgehead atoms. The van der Waals surface area contributed by atoms with E-state index in [2.05, 4.69) is 0 Å². The molecule has 0 aliphatic carbocycles. The van der Waals surface area contributed by atoms with Crippen LogP contribution in [0.25, 0.3) is 0 Å². The normalized spacial score (nSPS) is 4.29. The van der Waals surface area contributed by atoms with Gasteiger partial charge < -0.3 is 13.1 Å². The second-order valence-electron chi connectivity index (χ2n) is 0.283. The molecule has 0 aromatic carbocycles. The first-order chi connectivity index (χ1) is 2.73. The third kappa shape index (κ3) is 188. The van der Waals surface area contributed by atoms with E-state index in [9.17, 15) is 0 Å². The van der Waals surface area contributed by atoms with Gasteiger partial charge in [-0.15, -0.1) is 0 Å². The van der Waals surface area contributed by atoms with Crippen LogP contribution in [0.1, 0.15) is 2.85 Å². The van der Waals surface area contributed by atoms with Crippen LogP contribution < -0.4 is 0 Å². The summed E-state index contributed by atoms with van der Waals surface area (Å²) in [6, 6.07) is 0. The molecule has 0 rings (SSSR count). The second kappa shape index (κ2) is 15.8. The number of carboxylic acid groups (broad SMARTS) is 2. The number of rotatable bonds is 0. The van der Waals surface area contributed by atoms with Crippen LogP contribution in [0, 0.1) is 0 Å². The van der Waals surface area contributed by atoms with E-state index in [4.69, 9.17) is 18.6 Å². The van der Waals surface area contributed by atoms with E-state index in [-0.39, 0.29) is 58.8 Å². The van der Waals surface area contributed by atoms with E-state index < -0.39 is 6.16 Å². The van der Waals surface area contributed by atoms with Gasteiger partial charge in [-0.05, 0) is 0 Å². The van der Waals surface area contributed by atoms with Crippen molar-refractivity contribution in [2.45, 2.75) is 0 Å². The molecule has 0 aliphatic rings. The summed E-state index contributed by atoms with van der Waals surface area (Å²) in [5, 5.41) is 13.9. The van der Waals surface area contributed by atoms with Crippen LogP contribution >= 0.6 is 0 Å². The van der Waals surface area contributed by atoms with E-state index in [1.165, 1.54) is 0 Å². The molecular formula is CH4CaO4Zn. The summed E-state index contributed by atoms with van der Waals surface area (Å²) in [4.78, 5) is 8.56. The molecule has 2 N–H and O–H groups in total. The molecule has 0 amide bonds. The van der Waals surface area contributed by atoms with Crippen molar-refractivity contribution in [3.05, 3.63) is 0 Å².